The van der Waals surface area contributed by atoms with Crippen molar-refractivity contribution in [2.75, 3.05) is 5.32 Å². The lowest BCUT2D eigenvalue weighted by Gasteiger charge is -2.06. The predicted octanol–water partition coefficient (Wildman–Crippen LogP) is 4.31. The highest BCUT2D eigenvalue weighted by Crippen LogP contribution is 2.19. The van der Waals surface area contributed by atoms with E-state index in [1.54, 1.807) is 24.3 Å². The number of hydrogen-bond acceptors (Lipinski definition) is 4. The minimum Gasteiger partial charge on any atom is -0.339 e. The van der Waals surface area contributed by atoms with Gasteiger partial charge in [-0.05, 0) is 30.3 Å². The Labute approximate surface area is 141 Å². The van der Waals surface area contributed by atoms with Gasteiger partial charge in [0.2, 0.25) is 11.7 Å². The number of nitrogens with one attached hydrogen (secondary N) is 1. The lowest BCUT2D eigenvalue weighted by Crippen LogP contribution is -2.11. The van der Waals surface area contributed by atoms with Crippen LogP contribution in [0, 0.1) is 0 Å². The van der Waals surface area contributed by atoms with Crippen molar-refractivity contribution < 1.29 is 9.32 Å². The van der Waals surface area contributed by atoms with Gasteiger partial charge in [-0.25, -0.2) is 0 Å². The Morgan fingerprint density at radius 1 is 1.22 bits per heavy atom. The molecule has 0 radical (unpaired) electrons. The first kappa shape index (κ1) is 15.4. The third-order valence-electron chi connectivity index (χ3n) is 3.26. The Bertz CT molecular complexity index is 828. The summed E-state index contributed by atoms with van der Waals surface area (Å²) in [6, 6.07) is 14.5. The van der Waals surface area contributed by atoms with Crippen LogP contribution in [0.5, 0.6) is 0 Å². The van der Waals surface area contributed by atoms with E-state index in [9.17, 15) is 4.79 Å². The molecule has 116 valence electrons. The number of aryl methyl sites for hydroxylation is 1. The van der Waals surface area contributed by atoms with Gasteiger partial charge in [0, 0.05) is 27.7 Å². The molecule has 0 unspecified atom stereocenters. The van der Waals surface area contributed by atoms with E-state index in [1.165, 1.54) is 0 Å². The second-order valence-electron chi connectivity index (χ2n) is 4.91. The molecule has 3 aromatic rings. The molecule has 0 bridgehead atoms. The molecule has 0 saturated heterocycles. The SMILES string of the molecule is CCc1nc(-c2ccc(C(=O)Nc3cccc(Br)c3)cc2)no1. The summed E-state index contributed by atoms with van der Waals surface area (Å²) in [6.45, 7) is 1.95. The Morgan fingerprint density at radius 2 is 2.00 bits per heavy atom. The molecule has 0 saturated carbocycles. The molecule has 0 aliphatic rings. The largest absolute Gasteiger partial charge is 0.339 e. The van der Waals surface area contributed by atoms with E-state index in [2.05, 4.69) is 31.4 Å². The second-order valence-corrected chi connectivity index (χ2v) is 5.82. The lowest BCUT2D eigenvalue weighted by atomic mass is 10.1. The molecular weight excluding hydrogens is 358 g/mol. The molecule has 0 spiro atoms. The van der Waals surface area contributed by atoms with E-state index >= 15 is 0 Å². The highest BCUT2D eigenvalue weighted by molar-refractivity contribution is 9.10. The average molecular weight is 372 g/mol. The van der Waals surface area contributed by atoms with Crippen LogP contribution in [0.2, 0.25) is 0 Å². The molecule has 0 fully saturated rings. The monoisotopic (exact) mass is 371 g/mol. The van der Waals surface area contributed by atoms with Gasteiger partial charge in [-0.15, -0.1) is 0 Å². The van der Waals surface area contributed by atoms with Gasteiger partial charge in [0.15, 0.2) is 0 Å². The molecule has 5 nitrogen and oxygen atoms in total. The molecule has 3 rings (SSSR count). The molecule has 1 aromatic heterocycles. The number of rotatable bonds is 4. The maximum atomic E-state index is 12.2. The molecule has 1 heterocycles. The molecule has 6 heteroatoms. The summed E-state index contributed by atoms with van der Waals surface area (Å²) in [6.07, 6.45) is 0.695. The van der Waals surface area contributed by atoms with Crippen molar-refractivity contribution in [3.8, 4) is 11.4 Å². The number of nitrogens with zero attached hydrogens (tertiary/aromatic N) is 2. The van der Waals surface area contributed by atoms with Gasteiger partial charge in [-0.2, -0.15) is 4.98 Å². The van der Waals surface area contributed by atoms with Gasteiger partial charge in [0.05, 0.1) is 0 Å². The van der Waals surface area contributed by atoms with Crippen LogP contribution in [-0.4, -0.2) is 16.0 Å². The first-order valence-electron chi connectivity index (χ1n) is 7.15. The Morgan fingerprint density at radius 3 is 2.65 bits per heavy atom. The zero-order valence-electron chi connectivity index (χ0n) is 12.4. The number of hydrogen-bond donors (Lipinski definition) is 1. The summed E-state index contributed by atoms with van der Waals surface area (Å²) in [5.74, 6) is 0.953. The quantitative estimate of drug-likeness (QED) is 0.741. The molecule has 0 aliphatic heterocycles. The van der Waals surface area contributed by atoms with Crippen molar-refractivity contribution in [3.63, 3.8) is 0 Å². The van der Waals surface area contributed by atoms with Crippen LogP contribution in [0.1, 0.15) is 23.2 Å². The number of carbonyl (C=O) groups excluding carboxylic acids is 1. The zero-order chi connectivity index (χ0) is 16.2. The van der Waals surface area contributed by atoms with E-state index in [-0.39, 0.29) is 5.91 Å². The van der Waals surface area contributed by atoms with Gasteiger partial charge in [-0.1, -0.05) is 46.2 Å². The van der Waals surface area contributed by atoms with Crippen LogP contribution in [0.15, 0.2) is 57.5 Å². The molecule has 23 heavy (non-hydrogen) atoms. The van der Waals surface area contributed by atoms with Crippen molar-refractivity contribution in [2.24, 2.45) is 0 Å². The summed E-state index contributed by atoms with van der Waals surface area (Å²) in [7, 11) is 0. The Kier molecular flexibility index (Phi) is 4.52. The smallest absolute Gasteiger partial charge is 0.255 e. The van der Waals surface area contributed by atoms with Crippen LogP contribution >= 0.6 is 15.9 Å². The van der Waals surface area contributed by atoms with Gasteiger partial charge < -0.3 is 9.84 Å². The van der Waals surface area contributed by atoms with Crippen LogP contribution < -0.4 is 5.32 Å². The van der Waals surface area contributed by atoms with Crippen LogP contribution in [0.25, 0.3) is 11.4 Å². The van der Waals surface area contributed by atoms with Crippen LogP contribution in [0.4, 0.5) is 5.69 Å². The second kappa shape index (κ2) is 6.75. The van der Waals surface area contributed by atoms with Gasteiger partial charge >= 0.3 is 0 Å². The van der Waals surface area contributed by atoms with Crippen LogP contribution in [0.3, 0.4) is 0 Å². The highest BCUT2D eigenvalue weighted by Gasteiger charge is 2.10. The third kappa shape index (κ3) is 3.65. The number of aromatic nitrogens is 2. The average Bonchev–Trinajstić information content (AvgIpc) is 3.04. The number of benzene rings is 2. The summed E-state index contributed by atoms with van der Waals surface area (Å²) >= 11 is 3.38. The van der Waals surface area contributed by atoms with E-state index in [0.29, 0.717) is 23.7 Å². The minimum absolute atomic E-state index is 0.169. The van der Waals surface area contributed by atoms with Gasteiger partial charge in [0.1, 0.15) is 0 Å². The minimum atomic E-state index is -0.169. The highest BCUT2D eigenvalue weighted by atomic mass is 79.9. The summed E-state index contributed by atoms with van der Waals surface area (Å²) < 4.78 is 6.00. The number of halogens is 1. The standard InChI is InChI=1S/C17H14BrN3O2/c1-2-15-20-16(21-23-15)11-6-8-12(9-7-11)17(22)19-14-5-3-4-13(18)10-14/h3-10H,2H2,1H3,(H,19,22). The van der Waals surface area contributed by atoms with Crippen molar-refractivity contribution in [1.29, 1.82) is 0 Å². The van der Waals surface area contributed by atoms with Gasteiger partial charge in [0.25, 0.3) is 5.91 Å². The summed E-state index contributed by atoms with van der Waals surface area (Å²) in [5, 5.41) is 6.77. The van der Waals surface area contributed by atoms with E-state index in [4.69, 9.17) is 4.52 Å². The Hall–Kier alpha value is -2.47. The molecule has 1 amide bonds. The third-order valence-corrected chi connectivity index (χ3v) is 3.75. The lowest BCUT2D eigenvalue weighted by molar-refractivity contribution is 0.102. The first-order valence-corrected chi connectivity index (χ1v) is 7.95. The van der Waals surface area contributed by atoms with E-state index in [0.717, 1.165) is 15.7 Å². The van der Waals surface area contributed by atoms with Crippen molar-refractivity contribution in [1.82, 2.24) is 10.1 Å². The fourth-order valence-corrected chi connectivity index (χ4v) is 2.46. The fourth-order valence-electron chi connectivity index (χ4n) is 2.06. The van der Waals surface area contributed by atoms with Crippen molar-refractivity contribution in [3.05, 3.63) is 64.5 Å². The Balaban J connectivity index is 1.75. The number of anilines is 1. The normalized spacial score (nSPS) is 10.5. The first-order chi connectivity index (χ1) is 11.2. The van der Waals surface area contributed by atoms with Crippen molar-refractivity contribution >= 4 is 27.5 Å². The summed E-state index contributed by atoms with van der Waals surface area (Å²) in [5.41, 5.74) is 2.11. The van der Waals surface area contributed by atoms with E-state index in [1.807, 2.05) is 31.2 Å². The van der Waals surface area contributed by atoms with E-state index < -0.39 is 0 Å². The zero-order valence-corrected chi connectivity index (χ0v) is 14.0. The molecule has 0 atom stereocenters. The molecule has 2 aromatic carbocycles. The van der Waals surface area contributed by atoms with Crippen LogP contribution in [-0.2, 0) is 6.42 Å². The topological polar surface area (TPSA) is 68.0 Å². The molecular formula is C17H14BrN3O2. The number of amides is 1. The summed E-state index contributed by atoms with van der Waals surface area (Å²) in [4.78, 5) is 16.5. The maximum absolute atomic E-state index is 12.2. The van der Waals surface area contributed by atoms with Gasteiger partial charge in [-0.3, -0.25) is 4.79 Å². The predicted molar refractivity (Wildman–Crippen MR) is 91.2 cm³/mol. The fraction of sp³-hybridized carbons (Fsp3) is 0.118. The number of carbonyl (C=O) groups is 1. The molecule has 0 aliphatic carbocycles. The van der Waals surface area contributed by atoms with Crippen molar-refractivity contribution in [2.45, 2.75) is 13.3 Å². The molecule has 1 N–H and O–H groups in total. The maximum Gasteiger partial charge on any atom is 0.255 e.